The van der Waals surface area contributed by atoms with Crippen LogP contribution in [0.5, 0.6) is 0 Å². The van der Waals surface area contributed by atoms with Gasteiger partial charge in [0.25, 0.3) is 0 Å². The molecule has 0 aliphatic heterocycles. The lowest BCUT2D eigenvalue weighted by atomic mass is 10.1. The number of amides is 1. The maximum Gasteiger partial charge on any atom is 0.337 e. The van der Waals surface area contributed by atoms with E-state index in [-0.39, 0.29) is 11.9 Å². The molecule has 0 aromatic heterocycles. The van der Waals surface area contributed by atoms with Crippen molar-refractivity contribution in [3.63, 3.8) is 0 Å². The first-order chi connectivity index (χ1) is 9.04. The van der Waals surface area contributed by atoms with Gasteiger partial charge in [-0.25, -0.2) is 4.79 Å². The highest BCUT2D eigenvalue weighted by atomic mass is 16.5. The number of benzene rings is 1. The average Bonchev–Trinajstić information content (AvgIpc) is 2.39. The van der Waals surface area contributed by atoms with Gasteiger partial charge >= 0.3 is 5.97 Å². The van der Waals surface area contributed by atoms with Gasteiger partial charge in [0.15, 0.2) is 0 Å². The van der Waals surface area contributed by atoms with Crippen molar-refractivity contribution in [1.82, 2.24) is 5.32 Å². The van der Waals surface area contributed by atoms with E-state index < -0.39 is 0 Å². The van der Waals surface area contributed by atoms with E-state index in [4.69, 9.17) is 0 Å². The first-order valence-corrected chi connectivity index (χ1v) is 5.97. The van der Waals surface area contributed by atoms with E-state index in [0.29, 0.717) is 18.5 Å². The quantitative estimate of drug-likeness (QED) is 0.510. The lowest BCUT2D eigenvalue weighted by Crippen LogP contribution is -2.20. The number of nitrogens with one attached hydrogen (secondary N) is 1. The van der Waals surface area contributed by atoms with Crippen molar-refractivity contribution in [2.45, 2.75) is 20.3 Å². The van der Waals surface area contributed by atoms with Gasteiger partial charge in [0.1, 0.15) is 0 Å². The first-order valence-electron chi connectivity index (χ1n) is 5.97. The number of hydrogen-bond donors (Lipinski definition) is 1. The minimum absolute atomic E-state index is 0.0642. The Labute approximate surface area is 113 Å². The molecule has 19 heavy (non-hydrogen) atoms. The molecule has 1 rings (SSSR count). The van der Waals surface area contributed by atoms with Gasteiger partial charge in [0, 0.05) is 25.5 Å². The van der Waals surface area contributed by atoms with Crippen LogP contribution in [0.25, 0.3) is 0 Å². The lowest BCUT2D eigenvalue weighted by molar-refractivity contribution is -0.118. The van der Waals surface area contributed by atoms with Gasteiger partial charge in [-0.1, -0.05) is 17.9 Å². The Balaban J connectivity index is 2.74. The molecule has 0 bridgehead atoms. The molecular formula is C15H17NO3. The van der Waals surface area contributed by atoms with E-state index in [1.54, 1.807) is 12.1 Å². The molecule has 0 radical (unpaired) electrons. The summed E-state index contributed by atoms with van der Waals surface area (Å²) in [7, 11) is 1.35. The van der Waals surface area contributed by atoms with Crippen molar-refractivity contribution in [2.24, 2.45) is 0 Å². The second kappa shape index (κ2) is 7.22. The number of ether oxygens (including phenoxy) is 1. The predicted octanol–water partition coefficient (Wildman–Crippen LogP) is 1.66. The molecule has 0 saturated carbocycles. The highest BCUT2D eigenvalue weighted by molar-refractivity contribution is 5.89. The number of hydrogen-bond acceptors (Lipinski definition) is 3. The Morgan fingerprint density at radius 3 is 2.74 bits per heavy atom. The molecule has 0 fully saturated rings. The van der Waals surface area contributed by atoms with Crippen LogP contribution in [0.2, 0.25) is 0 Å². The molecule has 100 valence electrons. The van der Waals surface area contributed by atoms with Crippen molar-refractivity contribution < 1.29 is 14.3 Å². The Morgan fingerprint density at radius 1 is 1.37 bits per heavy atom. The molecule has 0 aliphatic rings. The average molecular weight is 259 g/mol. The molecule has 1 aromatic carbocycles. The van der Waals surface area contributed by atoms with Crippen LogP contribution in [0.4, 0.5) is 0 Å². The van der Waals surface area contributed by atoms with Gasteiger partial charge in [-0.3, -0.25) is 4.79 Å². The maximum atomic E-state index is 11.4. The molecule has 0 heterocycles. The number of carbonyl (C=O) groups excluding carboxylic acids is 2. The smallest absolute Gasteiger partial charge is 0.337 e. The van der Waals surface area contributed by atoms with E-state index in [0.717, 1.165) is 11.1 Å². The zero-order valence-corrected chi connectivity index (χ0v) is 11.4. The molecule has 4 heteroatoms. The van der Waals surface area contributed by atoms with Crippen LogP contribution in [0.1, 0.15) is 34.8 Å². The molecule has 1 aromatic rings. The maximum absolute atomic E-state index is 11.4. The summed E-state index contributed by atoms with van der Waals surface area (Å²) in [4.78, 5) is 22.1. The van der Waals surface area contributed by atoms with Crippen LogP contribution in [0, 0.1) is 18.8 Å². The summed E-state index contributed by atoms with van der Waals surface area (Å²) >= 11 is 0. The van der Waals surface area contributed by atoms with E-state index in [1.807, 2.05) is 13.0 Å². The molecule has 4 nitrogen and oxygen atoms in total. The highest BCUT2D eigenvalue weighted by Crippen LogP contribution is 2.11. The Morgan fingerprint density at radius 2 is 2.11 bits per heavy atom. The Bertz CT molecular complexity index is 538. The number of esters is 1. The van der Waals surface area contributed by atoms with Crippen molar-refractivity contribution in [2.75, 3.05) is 13.7 Å². The monoisotopic (exact) mass is 259 g/mol. The third-order valence-electron chi connectivity index (χ3n) is 2.51. The summed E-state index contributed by atoms with van der Waals surface area (Å²) in [5, 5.41) is 2.67. The normalized spacial score (nSPS) is 9.21. The lowest BCUT2D eigenvalue weighted by Gasteiger charge is -2.02. The largest absolute Gasteiger partial charge is 0.465 e. The number of carbonyl (C=O) groups is 2. The van der Waals surface area contributed by atoms with Crippen molar-refractivity contribution in [3.8, 4) is 11.8 Å². The third-order valence-corrected chi connectivity index (χ3v) is 2.51. The van der Waals surface area contributed by atoms with E-state index in [2.05, 4.69) is 21.9 Å². The van der Waals surface area contributed by atoms with Crippen molar-refractivity contribution in [3.05, 3.63) is 34.9 Å². The standard InChI is InChI=1S/C15H17NO3/c1-11-7-8-14(15(18)19-3)10-13(11)6-4-5-9-16-12(2)17/h7-8,10H,5,9H2,1-3H3,(H,16,17). The van der Waals surface area contributed by atoms with Gasteiger partial charge in [0.05, 0.1) is 12.7 Å². The summed E-state index contributed by atoms with van der Waals surface area (Å²) in [5.41, 5.74) is 2.28. The summed E-state index contributed by atoms with van der Waals surface area (Å²) in [6.45, 7) is 3.92. The fraction of sp³-hybridized carbons (Fsp3) is 0.333. The molecule has 0 atom stereocenters. The van der Waals surface area contributed by atoms with Crippen LogP contribution in [-0.2, 0) is 9.53 Å². The molecule has 0 unspecified atom stereocenters. The number of rotatable bonds is 3. The minimum Gasteiger partial charge on any atom is -0.465 e. The van der Waals surface area contributed by atoms with Crippen molar-refractivity contribution >= 4 is 11.9 Å². The zero-order valence-electron chi connectivity index (χ0n) is 11.4. The molecular weight excluding hydrogens is 242 g/mol. The fourth-order valence-electron chi connectivity index (χ4n) is 1.46. The van der Waals surface area contributed by atoms with Gasteiger partial charge in [-0.05, 0) is 24.6 Å². The molecule has 1 N–H and O–H groups in total. The van der Waals surface area contributed by atoms with Crippen LogP contribution in [-0.4, -0.2) is 25.5 Å². The Hall–Kier alpha value is -2.28. The van der Waals surface area contributed by atoms with E-state index in [1.165, 1.54) is 14.0 Å². The van der Waals surface area contributed by atoms with Gasteiger partial charge < -0.3 is 10.1 Å². The molecule has 0 saturated heterocycles. The van der Waals surface area contributed by atoms with Gasteiger partial charge in [0.2, 0.25) is 5.91 Å². The second-order valence-electron chi connectivity index (χ2n) is 4.06. The summed E-state index contributed by atoms with van der Waals surface area (Å²) in [5.74, 6) is 5.52. The fourth-order valence-corrected chi connectivity index (χ4v) is 1.46. The minimum atomic E-state index is -0.374. The number of aryl methyl sites for hydroxylation is 1. The number of methoxy groups -OCH3 is 1. The van der Waals surface area contributed by atoms with E-state index in [9.17, 15) is 9.59 Å². The van der Waals surface area contributed by atoms with E-state index >= 15 is 0 Å². The summed E-state index contributed by atoms with van der Waals surface area (Å²) in [6, 6.07) is 5.26. The molecule has 0 spiro atoms. The second-order valence-corrected chi connectivity index (χ2v) is 4.06. The topological polar surface area (TPSA) is 55.4 Å². The van der Waals surface area contributed by atoms with Crippen LogP contribution in [0.15, 0.2) is 18.2 Å². The predicted molar refractivity (Wildman–Crippen MR) is 72.7 cm³/mol. The Kier molecular flexibility index (Phi) is 5.62. The van der Waals surface area contributed by atoms with Crippen molar-refractivity contribution in [1.29, 1.82) is 0 Å². The van der Waals surface area contributed by atoms with Gasteiger partial charge in [-0.2, -0.15) is 0 Å². The molecule has 0 aliphatic carbocycles. The van der Waals surface area contributed by atoms with Gasteiger partial charge in [-0.15, -0.1) is 0 Å². The summed E-state index contributed by atoms with van der Waals surface area (Å²) < 4.78 is 4.67. The van der Waals surface area contributed by atoms with Crippen LogP contribution < -0.4 is 5.32 Å². The summed E-state index contributed by atoms with van der Waals surface area (Å²) in [6.07, 6.45) is 0.571. The molecule has 1 amide bonds. The van der Waals surface area contributed by atoms with Crippen LogP contribution >= 0.6 is 0 Å². The third kappa shape index (κ3) is 4.84. The SMILES string of the molecule is COC(=O)c1ccc(C)c(C#CCCNC(C)=O)c1. The zero-order chi connectivity index (χ0) is 14.3. The first kappa shape index (κ1) is 14.8. The highest BCUT2D eigenvalue weighted by Gasteiger charge is 2.06. The van der Waals surface area contributed by atoms with Crippen LogP contribution in [0.3, 0.4) is 0 Å².